The molecule has 0 aliphatic heterocycles. The summed E-state index contributed by atoms with van der Waals surface area (Å²) in [4.78, 5) is 15.6. The maximum Gasteiger partial charge on any atom is 0 e. The monoisotopic (exact) mass is 948 g/mol. The second kappa shape index (κ2) is 15.1. The second-order valence-corrected chi connectivity index (χ2v) is 26.0. The summed E-state index contributed by atoms with van der Waals surface area (Å²) in [7, 11) is 0. The Morgan fingerprint density at radius 1 is 0.774 bits per heavy atom. The SMILES string of the molecule is Cc1ccc2c(n1)sc1c(-c3nc4ccccc4n3-c3ccc4ccccc4c3)[c-]ccc12.[2H]C(C)(C)c1cc(-c2[c-]cccc2)nc[c]1[Ge]([CH3])([CH3])[CH3].[Ir]. The molecular formula is C46H40GeIrN4S-2. The number of hydrogen-bond acceptors (Lipinski definition) is 4. The smallest absolute Gasteiger partial charge is 0 e. The predicted octanol–water partition coefficient (Wildman–Crippen LogP) is 11.9. The number of para-hydroxylation sites is 2. The van der Waals surface area contributed by atoms with Crippen LogP contribution in [0.15, 0.2) is 128 Å². The van der Waals surface area contributed by atoms with E-state index >= 15 is 0 Å². The number of pyridine rings is 2. The van der Waals surface area contributed by atoms with E-state index in [1.165, 1.54) is 30.6 Å². The minimum absolute atomic E-state index is 0. The Bertz CT molecular complexity index is 2780. The van der Waals surface area contributed by atoms with Gasteiger partial charge in [0, 0.05) is 31.5 Å². The Balaban J connectivity index is 0.000000186. The van der Waals surface area contributed by atoms with Crippen molar-refractivity contribution in [3.63, 3.8) is 0 Å². The van der Waals surface area contributed by atoms with Crippen molar-refractivity contribution in [1.82, 2.24) is 19.5 Å². The topological polar surface area (TPSA) is 43.6 Å². The van der Waals surface area contributed by atoms with Crippen LogP contribution in [0.2, 0.25) is 17.3 Å². The molecule has 4 heterocycles. The van der Waals surface area contributed by atoms with E-state index in [1.54, 1.807) is 11.3 Å². The van der Waals surface area contributed by atoms with Gasteiger partial charge < -0.3 is 4.57 Å². The van der Waals surface area contributed by atoms with Crippen LogP contribution in [0, 0.1) is 19.1 Å². The van der Waals surface area contributed by atoms with Crippen LogP contribution in [0.25, 0.3) is 70.4 Å². The van der Waals surface area contributed by atoms with Gasteiger partial charge in [-0.05, 0) is 58.1 Å². The van der Waals surface area contributed by atoms with E-state index in [1.807, 2.05) is 63.4 Å². The second-order valence-electron chi connectivity index (χ2n) is 14.4. The third-order valence-electron chi connectivity index (χ3n) is 9.45. The fourth-order valence-corrected chi connectivity index (χ4v) is 11.3. The molecule has 0 amide bonds. The van der Waals surface area contributed by atoms with E-state index in [9.17, 15) is 0 Å². The first kappa shape index (κ1) is 35.6. The molecule has 0 bridgehead atoms. The Kier molecular flexibility index (Phi) is 10.1. The molecule has 0 aliphatic rings. The van der Waals surface area contributed by atoms with Crippen LogP contribution in [0.4, 0.5) is 0 Å². The van der Waals surface area contributed by atoms with E-state index in [4.69, 9.17) is 11.3 Å². The first-order valence-corrected chi connectivity index (χ1v) is 25.8. The Morgan fingerprint density at radius 3 is 2.32 bits per heavy atom. The summed E-state index contributed by atoms with van der Waals surface area (Å²) in [5.41, 5.74) is 8.22. The van der Waals surface area contributed by atoms with Gasteiger partial charge >= 0.3 is 120 Å². The third kappa shape index (κ3) is 7.26. The molecule has 1 radical (unpaired) electrons. The summed E-state index contributed by atoms with van der Waals surface area (Å²) in [5.74, 6) is 7.35. The first-order chi connectivity index (χ1) is 25.5. The number of rotatable bonds is 5. The summed E-state index contributed by atoms with van der Waals surface area (Å²) >= 11 is -0.308. The molecule has 4 aromatic heterocycles. The zero-order valence-corrected chi connectivity index (χ0v) is 36.0. The number of imidazole rings is 1. The molecule has 0 saturated carbocycles. The maximum absolute atomic E-state index is 8.44. The number of aromatic nitrogens is 4. The van der Waals surface area contributed by atoms with Gasteiger partial charge in [0.2, 0.25) is 0 Å². The summed E-state index contributed by atoms with van der Waals surface area (Å²) in [6.45, 7) is 5.95. The molecule has 265 valence electrons. The molecular weight excluding hydrogens is 905 g/mol. The van der Waals surface area contributed by atoms with Gasteiger partial charge in [0.05, 0.1) is 16.9 Å². The van der Waals surface area contributed by atoms with Crippen LogP contribution in [0.3, 0.4) is 0 Å². The van der Waals surface area contributed by atoms with Crippen molar-refractivity contribution in [1.29, 1.82) is 0 Å². The minimum Gasteiger partial charge on any atom is 0 e. The van der Waals surface area contributed by atoms with Crippen molar-refractivity contribution in [3.05, 3.63) is 151 Å². The largest absolute Gasteiger partial charge is 0 e. The van der Waals surface area contributed by atoms with Crippen LogP contribution in [-0.2, 0) is 20.1 Å². The van der Waals surface area contributed by atoms with Crippen molar-refractivity contribution >= 4 is 71.1 Å². The third-order valence-corrected chi connectivity index (χ3v) is 14.8. The number of thiophene rings is 1. The van der Waals surface area contributed by atoms with Crippen molar-refractivity contribution in [2.24, 2.45) is 0 Å². The Hall–Kier alpha value is -4.46. The zero-order valence-electron chi connectivity index (χ0n) is 31.7. The van der Waals surface area contributed by atoms with Crippen LogP contribution < -0.4 is 4.40 Å². The molecule has 9 aromatic rings. The molecule has 0 N–H and O–H groups in total. The average Bonchev–Trinajstić information content (AvgIpc) is 3.72. The van der Waals surface area contributed by atoms with Gasteiger partial charge in [0.1, 0.15) is 4.83 Å². The van der Waals surface area contributed by atoms with Crippen molar-refractivity contribution in [2.75, 3.05) is 0 Å². The minimum atomic E-state index is -2.03. The van der Waals surface area contributed by atoms with Gasteiger partial charge in [-0.3, -0.25) is 4.98 Å². The van der Waals surface area contributed by atoms with Crippen molar-refractivity contribution in [3.8, 4) is 28.3 Å². The van der Waals surface area contributed by atoms with Crippen molar-refractivity contribution < 1.29 is 21.5 Å². The average molecular weight is 947 g/mol. The summed E-state index contributed by atoms with van der Waals surface area (Å²) in [6, 6.07) is 48.5. The van der Waals surface area contributed by atoms with E-state index in [0.717, 1.165) is 55.5 Å². The summed E-state index contributed by atoms with van der Waals surface area (Å²) < 4.78 is 13.2. The predicted molar refractivity (Wildman–Crippen MR) is 224 cm³/mol. The maximum atomic E-state index is 8.44. The molecule has 53 heavy (non-hydrogen) atoms. The molecule has 0 unspecified atom stereocenters. The summed E-state index contributed by atoms with van der Waals surface area (Å²) in [5, 5.41) is 4.83. The number of hydrogen-bond donors (Lipinski definition) is 0. The van der Waals surface area contributed by atoms with Crippen LogP contribution >= 0.6 is 11.3 Å². The molecule has 0 fully saturated rings. The number of nitrogens with zero attached hydrogens (tertiary/aromatic N) is 4. The normalized spacial score (nSPS) is 12.1. The molecule has 5 aromatic carbocycles. The molecule has 0 spiro atoms. The van der Waals surface area contributed by atoms with Crippen molar-refractivity contribution in [2.45, 2.75) is 43.9 Å². The van der Waals surface area contributed by atoms with Crippen LogP contribution in [-0.4, -0.2) is 32.8 Å². The molecule has 0 saturated heterocycles. The Morgan fingerprint density at radius 2 is 1.55 bits per heavy atom. The quantitative estimate of drug-likeness (QED) is 0.128. The van der Waals surface area contributed by atoms with Gasteiger partial charge in [-0.1, -0.05) is 59.5 Å². The number of benzene rings is 5. The van der Waals surface area contributed by atoms with Gasteiger partial charge in [0.25, 0.3) is 0 Å². The molecule has 7 heteroatoms. The summed E-state index contributed by atoms with van der Waals surface area (Å²) in [6.07, 6.45) is 2.00. The molecule has 9 rings (SSSR count). The van der Waals surface area contributed by atoms with Crippen LogP contribution in [0.5, 0.6) is 0 Å². The fourth-order valence-electron chi connectivity index (χ4n) is 6.82. The standard InChI is InChI=1S/C29H18N3S.C17H22GeN.Ir/c1-18-13-16-23-22-9-6-10-24(27(22)33-29(23)30-18)28-31-25-11-4-5-12-26(25)32(28)21-15-14-19-7-2-3-8-20(19)17-21;1-13(2)15-11-17(14-9-7-6-8-10-14)19-12-16(15)18(3,4)5;/h2-9,11-17H,1H3;6-9,11-13H,1-5H3;/q2*-1;/i;13D;. The van der Waals surface area contributed by atoms with Gasteiger partial charge in [-0.15, -0.1) is 18.2 Å². The number of fused-ring (bicyclic) bond motifs is 5. The van der Waals surface area contributed by atoms with E-state index in [-0.39, 0.29) is 20.1 Å². The number of aryl methyl sites for hydroxylation is 1. The molecule has 4 nitrogen and oxygen atoms in total. The van der Waals surface area contributed by atoms with E-state index in [2.05, 4.69) is 124 Å². The van der Waals surface area contributed by atoms with Gasteiger partial charge in [0.15, 0.2) is 0 Å². The van der Waals surface area contributed by atoms with Gasteiger partial charge in [-0.25, -0.2) is 4.98 Å². The fraction of sp³-hybridized carbons (Fsp3) is 0.152. The Labute approximate surface area is 333 Å². The van der Waals surface area contributed by atoms with Gasteiger partial charge in [-0.2, -0.15) is 11.3 Å². The zero-order chi connectivity index (χ0) is 36.9. The van der Waals surface area contributed by atoms with E-state index in [0.29, 0.717) is 0 Å². The van der Waals surface area contributed by atoms with Crippen LogP contribution in [0.1, 0.15) is 32.4 Å². The van der Waals surface area contributed by atoms with E-state index < -0.39 is 19.2 Å². The molecule has 0 aliphatic carbocycles. The molecule has 0 atom stereocenters. The first-order valence-electron chi connectivity index (χ1n) is 18.1.